The number of nitrogens with one attached hydrogen (secondary N) is 1. The van der Waals surface area contributed by atoms with Crippen LogP contribution in [0.3, 0.4) is 0 Å². The number of nitrogen functional groups attached to an aromatic ring is 1. The van der Waals surface area contributed by atoms with Crippen molar-refractivity contribution in [2.75, 3.05) is 17.7 Å². The fourth-order valence-electron chi connectivity index (χ4n) is 0.828. The summed E-state index contributed by atoms with van der Waals surface area (Å²) in [5, 5.41) is 11.7. The van der Waals surface area contributed by atoms with E-state index in [-0.39, 0.29) is 24.5 Å². The van der Waals surface area contributed by atoms with Crippen molar-refractivity contribution >= 4 is 23.5 Å². The van der Waals surface area contributed by atoms with E-state index in [9.17, 15) is 0 Å². The van der Waals surface area contributed by atoms with Gasteiger partial charge in [0.1, 0.15) is 0 Å². The van der Waals surface area contributed by atoms with Crippen LogP contribution in [-0.2, 0) is 5.88 Å². The van der Waals surface area contributed by atoms with Crippen molar-refractivity contribution in [1.29, 1.82) is 0 Å². The number of aliphatic hydroxyl groups is 1. The highest BCUT2D eigenvalue weighted by atomic mass is 35.5. The number of nitrogens with zero attached hydrogens (tertiary/aromatic N) is 3. The van der Waals surface area contributed by atoms with Gasteiger partial charge in [-0.2, -0.15) is 15.0 Å². The Morgan fingerprint density at radius 1 is 1.50 bits per heavy atom. The molecule has 0 aliphatic carbocycles. The van der Waals surface area contributed by atoms with E-state index in [1.54, 1.807) is 6.92 Å². The molecule has 1 aromatic rings. The summed E-state index contributed by atoms with van der Waals surface area (Å²) in [7, 11) is 0. The van der Waals surface area contributed by atoms with Crippen molar-refractivity contribution in [1.82, 2.24) is 15.0 Å². The maximum Gasteiger partial charge on any atom is 0.228 e. The maximum absolute atomic E-state index is 8.80. The van der Waals surface area contributed by atoms with E-state index in [4.69, 9.17) is 22.4 Å². The van der Waals surface area contributed by atoms with Crippen LogP contribution in [0.15, 0.2) is 0 Å². The number of aromatic nitrogens is 3. The van der Waals surface area contributed by atoms with E-state index in [1.807, 2.05) is 0 Å². The third-order valence-corrected chi connectivity index (χ3v) is 1.71. The van der Waals surface area contributed by atoms with Crippen LogP contribution < -0.4 is 11.1 Å². The Balaban J connectivity index is 2.81. The van der Waals surface area contributed by atoms with Crippen LogP contribution in [0.5, 0.6) is 0 Å². The van der Waals surface area contributed by atoms with Crippen molar-refractivity contribution in [2.24, 2.45) is 0 Å². The van der Waals surface area contributed by atoms with Crippen molar-refractivity contribution in [3.63, 3.8) is 0 Å². The van der Waals surface area contributed by atoms with Gasteiger partial charge in [-0.05, 0) is 6.92 Å². The van der Waals surface area contributed by atoms with Gasteiger partial charge < -0.3 is 16.2 Å². The summed E-state index contributed by atoms with van der Waals surface area (Å²) in [6.07, 6.45) is 0. The summed E-state index contributed by atoms with van der Waals surface area (Å²) >= 11 is 5.56. The average molecular weight is 218 g/mol. The number of hydrogen-bond donors (Lipinski definition) is 3. The van der Waals surface area contributed by atoms with Crippen LogP contribution in [0.4, 0.5) is 11.9 Å². The van der Waals surface area contributed by atoms with E-state index in [1.165, 1.54) is 0 Å². The molecule has 0 fully saturated rings. The van der Waals surface area contributed by atoms with Crippen LogP contribution >= 0.6 is 11.6 Å². The summed E-state index contributed by atoms with van der Waals surface area (Å²) in [5.41, 5.74) is 5.43. The lowest BCUT2D eigenvalue weighted by Gasteiger charge is -2.10. The van der Waals surface area contributed by atoms with Gasteiger partial charge >= 0.3 is 0 Å². The Morgan fingerprint density at radius 2 is 2.21 bits per heavy atom. The van der Waals surface area contributed by atoms with Gasteiger partial charge in [0, 0.05) is 6.04 Å². The first kappa shape index (κ1) is 10.9. The highest BCUT2D eigenvalue weighted by Gasteiger charge is 2.05. The van der Waals surface area contributed by atoms with Gasteiger partial charge in [-0.3, -0.25) is 0 Å². The molecule has 14 heavy (non-hydrogen) atoms. The predicted molar refractivity (Wildman–Crippen MR) is 54.0 cm³/mol. The molecule has 78 valence electrons. The van der Waals surface area contributed by atoms with Crippen LogP contribution in [0.1, 0.15) is 12.7 Å². The second-order valence-corrected chi connectivity index (χ2v) is 3.06. The van der Waals surface area contributed by atoms with Gasteiger partial charge in [0.05, 0.1) is 12.5 Å². The Kier molecular flexibility index (Phi) is 3.84. The summed E-state index contributed by atoms with van der Waals surface area (Å²) in [6, 6.07) is -0.139. The first-order valence-electron chi connectivity index (χ1n) is 4.09. The number of rotatable bonds is 4. The number of halogens is 1. The molecule has 1 aromatic heterocycles. The molecule has 0 amide bonds. The van der Waals surface area contributed by atoms with Crippen LogP contribution in [0, 0.1) is 0 Å². The molecule has 1 unspecified atom stereocenters. The number of hydrogen-bond acceptors (Lipinski definition) is 6. The van der Waals surface area contributed by atoms with Crippen molar-refractivity contribution in [3.8, 4) is 0 Å². The minimum atomic E-state index is -0.139. The molecule has 0 radical (unpaired) electrons. The minimum Gasteiger partial charge on any atom is -0.394 e. The predicted octanol–water partition coefficient (Wildman–Crippen LogP) is -0.0147. The largest absolute Gasteiger partial charge is 0.394 e. The number of nitrogens with two attached hydrogens (primary N) is 1. The SMILES string of the molecule is CC(CO)Nc1nc(N)nc(CCl)n1. The molecule has 0 bridgehead atoms. The lowest BCUT2D eigenvalue weighted by atomic mass is 10.4. The smallest absolute Gasteiger partial charge is 0.228 e. The van der Waals surface area contributed by atoms with E-state index in [2.05, 4.69) is 20.3 Å². The molecule has 0 saturated carbocycles. The molecular weight excluding hydrogens is 206 g/mol. The highest BCUT2D eigenvalue weighted by molar-refractivity contribution is 6.16. The Labute approximate surface area is 86.5 Å². The monoisotopic (exact) mass is 217 g/mol. The molecule has 7 heteroatoms. The normalized spacial score (nSPS) is 12.5. The Bertz CT molecular complexity index is 308. The minimum absolute atomic E-state index is 0.0121. The number of aliphatic hydroxyl groups excluding tert-OH is 1. The lowest BCUT2D eigenvalue weighted by Crippen LogP contribution is -2.21. The topological polar surface area (TPSA) is 97.0 Å². The molecule has 1 atom stereocenters. The van der Waals surface area contributed by atoms with E-state index < -0.39 is 0 Å². The summed E-state index contributed by atoms with van der Waals surface area (Å²) in [5.74, 6) is 1.03. The standard InChI is InChI=1S/C7H12ClN5O/c1-4(3-14)10-7-12-5(2-8)11-6(9)13-7/h4,14H,2-3H2,1H3,(H3,9,10,11,12,13). The zero-order valence-electron chi connectivity index (χ0n) is 7.74. The highest BCUT2D eigenvalue weighted by Crippen LogP contribution is 2.05. The van der Waals surface area contributed by atoms with Gasteiger partial charge in [-0.1, -0.05) is 0 Å². The molecule has 0 aromatic carbocycles. The van der Waals surface area contributed by atoms with Gasteiger partial charge in [0.15, 0.2) is 5.82 Å². The van der Waals surface area contributed by atoms with Crippen LogP contribution in [0.2, 0.25) is 0 Å². The lowest BCUT2D eigenvalue weighted by molar-refractivity contribution is 0.281. The second-order valence-electron chi connectivity index (χ2n) is 2.80. The van der Waals surface area contributed by atoms with Crippen molar-refractivity contribution in [2.45, 2.75) is 18.8 Å². The fourth-order valence-corrected chi connectivity index (χ4v) is 0.948. The molecule has 4 N–H and O–H groups in total. The molecule has 0 saturated heterocycles. The van der Waals surface area contributed by atoms with E-state index in [0.717, 1.165) is 0 Å². The molecular formula is C7H12ClN5O. The van der Waals surface area contributed by atoms with E-state index in [0.29, 0.717) is 11.8 Å². The zero-order chi connectivity index (χ0) is 10.6. The molecule has 0 aliphatic heterocycles. The van der Waals surface area contributed by atoms with Crippen molar-refractivity contribution in [3.05, 3.63) is 5.82 Å². The molecule has 0 aliphatic rings. The van der Waals surface area contributed by atoms with Crippen molar-refractivity contribution < 1.29 is 5.11 Å². The molecule has 1 heterocycles. The fraction of sp³-hybridized carbons (Fsp3) is 0.571. The van der Waals surface area contributed by atoms with Crippen LogP contribution in [-0.4, -0.2) is 32.7 Å². The third-order valence-electron chi connectivity index (χ3n) is 1.47. The maximum atomic E-state index is 8.80. The number of alkyl halides is 1. The third kappa shape index (κ3) is 2.97. The van der Waals surface area contributed by atoms with Gasteiger partial charge in [0.25, 0.3) is 0 Å². The zero-order valence-corrected chi connectivity index (χ0v) is 8.49. The van der Waals surface area contributed by atoms with Gasteiger partial charge in [0.2, 0.25) is 11.9 Å². The second kappa shape index (κ2) is 4.92. The van der Waals surface area contributed by atoms with Crippen LogP contribution in [0.25, 0.3) is 0 Å². The van der Waals surface area contributed by atoms with E-state index >= 15 is 0 Å². The molecule has 6 nitrogen and oxygen atoms in total. The molecule has 0 spiro atoms. The first-order valence-corrected chi connectivity index (χ1v) is 4.63. The summed E-state index contributed by atoms with van der Waals surface area (Å²) in [6.45, 7) is 1.78. The quantitative estimate of drug-likeness (QED) is 0.614. The van der Waals surface area contributed by atoms with Gasteiger partial charge in [-0.25, -0.2) is 0 Å². The summed E-state index contributed by atoms with van der Waals surface area (Å²) < 4.78 is 0. The summed E-state index contributed by atoms with van der Waals surface area (Å²) in [4.78, 5) is 11.6. The first-order chi connectivity index (χ1) is 6.65. The van der Waals surface area contributed by atoms with Gasteiger partial charge in [-0.15, -0.1) is 11.6 Å². The Hall–Kier alpha value is -1.14. The average Bonchev–Trinajstić information content (AvgIpc) is 2.16. The number of anilines is 2. The Morgan fingerprint density at radius 3 is 2.79 bits per heavy atom. The molecule has 1 rings (SSSR count).